The number of esters is 2. The van der Waals surface area contributed by atoms with Gasteiger partial charge in [-0.2, -0.15) is 0 Å². The Morgan fingerprint density at radius 2 is 1.28 bits per heavy atom. The molecular formula is C25H29IN2O8. The second-order valence-electron chi connectivity index (χ2n) is 6.80. The Hall–Kier alpha value is -3.71. The van der Waals surface area contributed by atoms with Crippen molar-refractivity contribution in [1.29, 1.82) is 0 Å². The number of ether oxygens (including phenoxy) is 6. The summed E-state index contributed by atoms with van der Waals surface area (Å²) in [4.78, 5) is 31.1. The fourth-order valence-corrected chi connectivity index (χ4v) is 2.47. The lowest BCUT2D eigenvalue weighted by Gasteiger charge is -2.15. The molecule has 0 amide bonds. The molecule has 0 atom stereocenters. The first-order valence-corrected chi connectivity index (χ1v) is 12.3. The second kappa shape index (κ2) is 16.8. The van der Waals surface area contributed by atoms with Gasteiger partial charge >= 0.3 is 24.4 Å². The Balaban J connectivity index is 0.000000640. The van der Waals surface area contributed by atoms with Crippen molar-refractivity contribution in [2.75, 3.05) is 40.1 Å². The average Bonchev–Trinajstić information content (AvgIpc) is 2.91. The number of carbonyl (C=O) groups excluding carboxylic acids is 2. The van der Waals surface area contributed by atoms with E-state index in [2.05, 4.69) is 41.8 Å². The van der Waals surface area contributed by atoms with E-state index >= 15 is 0 Å². The molecule has 0 bridgehead atoms. The third-order valence-corrected chi connectivity index (χ3v) is 4.09. The zero-order valence-corrected chi connectivity index (χ0v) is 23.4. The smallest absolute Gasteiger partial charge is 0.369 e. The van der Waals surface area contributed by atoms with Crippen molar-refractivity contribution in [3.05, 3.63) is 70.4 Å². The molecule has 0 saturated carbocycles. The van der Waals surface area contributed by atoms with Crippen LogP contribution in [0.15, 0.2) is 36.4 Å². The second-order valence-corrected chi connectivity index (χ2v) is 6.80. The Labute approximate surface area is 225 Å². The Morgan fingerprint density at radius 1 is 0.833 bits per heavy atom. The molecule has 11 heteroatoms. The van der Waals surface area contributed by atoms with Crippen LogP contribution >= 0.6 is 22.6 Å². The molecule has 0 heterocycles. The fourth-order valence-electron chi connectivity index (χ4n) is 2.47. The quantitative estimate of drug-likeness (QED) is 0.172. The fraction of sp³-hybridized carbons (Fsp3) is 0.360. The maximum atomic E-state index is 11.5. The first-order valence-electron chi connectivity index (χ1n) is 10.1. The van der Waals surface area contributed by atoms with Crippen LogP contribution in [0.2, 0.25) is 0 Å². The molecule has 0 radical (unpaired) electrons. The number of rotatable bonds is 8. The Morgan fingerprint density at radius 3 is 1.67 bits per heavy atom. The van der Waals surface area contributed by atoms with Gasteiger partial charge in [-0.3, -0.25) is 9.69 Å². The minimum atomic E-state index is -0.961. The highest BCUT2D eigenvalue weighted by Gasteiger charge is 2.25. The van der Waals surface area contributed by atoms with Crippen LogP contribution in [0.5, 0.6) is 23.0 Å². The van der Waals surface area contributed by atoms with Crippen LogP contribution in [0.1, 0.15) is 34.6 Å². The Kier molecular flexibility index (Phi) is 15.1. The van der Waals surface area contributed by atoms with E-state index in [-0.39, 0.29) is 6.73 Å². The topological polar surface area (TPSA) is 98.2 Å². The van der Waals surface area contributed by atoms with E-state index in [1.807, 2.05) is 4.93 Å². The predicted octanol–water partition coefficient (Wildman–Crippen LogP) is 5.30. The van der Waals surface area contributed by atoms with Crippen LogP contribution in [-0.2, 0) is 9.47 Å². The number of carbonyl (C=O) groups is 2. The normalized spacial score (nSPS) is 9.39. The summed E-state index contributed by atoms with van der Waals surface area (Å²) in [5, 5.41) is 0. The lowest BCUT2D eigenvalue weighted by Crippen LogP contribution is -2.23. The molecule has 0 aliphatic rings. The monoisotopic (exact) mass is 612 g/mol. The molecule has 194 valence electrons. The van der Waals surface area contributed by atoms with Gasteiger partial charge in [0.05, 0.1) is 42.3 Å². The summed E-state index contributed by atoms with van der Waals surface area (Å²) in [6.45, 7) is 16.8. The number of methoxy groups -OCH3 is 4. The molecule has 0 aliphatic carbocycles. The molecule has 2 rings (SSSR count). The van der Waals surface area contributed by atoms with Crippen molar-refractivity contribution in [3.63, 3.8) is 0 Å². The molecule has 0 spiro atoms. The van der Waals surface area contributed by atoms with Gasteiger partial charge in [0.2, 0.25) is 0 Å². The maximum absolute atomic E-state index is 11.5. The SMILES string of the molecule is CI.[C-]#[N+]C(C)(C)Oc1ccc(C(=O)OC)c(OC)c1.[C-]#[N+]COc1ccc(C(=O)OC)c(OC)c1. The van der Waals surface area contributed by atoms with E-state index in [1.54, 1.807) is 38.1 Å². The molecule has 0 N–H and O–H groups in total. The van der Waals surface area contributed by atoms with Crippen LogP contribution < -0.4 is 18.9 Å². The average molecular weight is 612 g/mol. The predicted molar refractivity (Wildman–Crippen MR) is 142 cm³/mol. The number of benzene rings is 2. The molecule has 2 aromatic rings. The van der Waals surface area contributed by atoms with Gasteiger partial charge < -0.3 is 28.4 Å². The zero-order valence-electron chi connectivity index (χ0n) is 21.2. The summed E-state index contributed by atoms with van der Waals surface area (Å²) < 4.78 is 29.9. The first-order chi connectivity index (χ1) is 17.2. The van der Waals surface area contributed by atoms with Gasteiger partial charge in [-0.25, -0.2) is 22.7 Å². The van der Waals surface area contributed by atoms with E-state index in [4.69, 9.17) is 32.1 Å². The lowest BCUT2D eigenvalue weighted by molar-refractivity contribution is 0.0587. The van der Waals surface area contributed by atoms with Gasteiger partial charge in [-0.05, 0) is 29.2 Å². The molecule has 0 fully saturated rings. The zero-order chi connectivity index (χ0) is 27.7. The third-order valence-electron chi connectivity index (χ3n) is 4.09. The number of hydrogen-bond acceptors (Lipinski definition) is 8. The Bertz CT molecular complexity index is 1090. The minimum absolute atomic E-state index is 0.0687. The van der Waals surface area contributed by atoms with Gasteiger partial charge in [0.15, 0.2) is 0 Å². The highest BCUT2D eigenvalue weighted by Crippen LogP contribution is 2.28. The van der Waals surface area contributed by atoms with E-state index in [0.29, 0.717) is 34.1 Å². The minimum Gasteiger partial charge on any atom is -0.496 e. The molecule has 10 nitrogen and oxygen atoms in total. The summed E-state index contributed by atoms with van der Waals surface area (Å²) in [7, 11) is 5.49. The van der Waals surface area contributed by atoms with Crippen LogP contribution in [0.4, 0.5) is 0 Å². The van der Waals surface area contributed by atoms with Crippen LogP contribution in [0, 0.1) is 13.1 Å². The van der Waals surface area contributed by atoms with E-state index in [0.717, 1.165) is 0 Å². The maximum Gasteiger partial charge on any atom is 0.369 e. The number of halogens is 1. The standard InChI is InChI=1S/C13H15NO4.C11H11NO4.CH3I/c1-13(2,14-3)18-9-6-7-10(12(15)17-5)11(8-9)16-4;1-12-7-16-8-4-5-9(11(13)15-3)10(6-8)14-2;1-2/h6-8H,1-2,4-5H3;4-6H,7H2,2-3H3;1H3. The van der Waals surface area contributed by atoms with Gasteiger partial charge in [0.25, 0.3) is 0 Å². The summed E-state index contributed by atoms with van der Waals surface area (Å²) in [5.74, 6) is 0.673. The van der Waals surface area contributed by atoms with Crippen molar-refractivity contribution >= 4 is 34.5 Å². The summed E-state index contributed by atoms with van der Waals surface area (Å²) >= 11 is 2.15. The van der Waals surface area contributed by atoms with Gasteiger partial charge in [0.1, 0.15) is 34.1 Å². The molecule has 0 unspecified atom stereocenters. The van der Waals surface area contributed by atoms with Gasteiger partial charge in [0, 0.05) is 12.1 Å². The lowest BCUT2D eigenvalue weighted by atomic mass is 10.2. The first kappa shape index (κ1) is 32.3. The van der Waals surface area contributed by atoms with Crippen molar-refractivity contribution in [3.8, 4) is 23.0 Å². The van der Waals surface area contributed by atoms with Gasteiger partial charge in [-0.15, -0.1) is 0 Å². The van der Waals surface area contributed by atoms with Crippen molar-refractivity contribution in [2.45, 2.75) is 19.6 Å². The van der Waals surface area contributed by atoms with Crippen LogP contribution in [0.25, 0.3) is 9.69 Å². The largest absolute Gasteiger partial charge is 0.496 e. The highest BCUT2D eigenvalue weighted by atomic mass is 127. The van der Waals surface area contributed by atoms with E-state index in [1.165, 1.54) is 40.6 Å². The van der Waals surface area contributed by atoms with Gasteiger partial charge in [-0.1, -0.05) is 22.6 Å². The molecule has 0 saturated heterocycles. The molecule has 0 aromatic heterocycles. The van der Waals surface area contributed by atoms with E-state index < -0.39 is 17.7 Å². The van der Waals surface area contributed by atoms with Crippen LogP contribution in [0.3, 0.4) is 0 Å². The van der Waals surface area contributed by atoms with Crippen molar-refractivity contribution < 1.29 is 38.0 Å². The third kappa shape index (κ3) is 10.3. The number of nitrogens with zero attached hydrogens (tertiary/aromatic N) is 2. The summed E-state index contributed by atoms with van der Waals surface area (Å²) in [6.07, 6.45) is 0. The van der Waals surface area contributed by atoms with Crippen LogP contribution in [-0.4, -0.2) is 57.8 Å². The highest BCUT2D eigenvalue weighted by molar-refractivity contribution is 14.1. The molecule has 0 aliphatic heterocycles. The molecule has 2 aromatic carbocycles. The van der Waals surface area contributed by atoms with Crippen molar-refractivity contribution in [2.24, 2.45) is 0 Å². The van der Waals surface area contributed by atoms with E-state index in [9.17, 15) is 9.59 Å². The number of hydrogen-bond donors (Lipinski definition) is 0. The number of alkyl halides is 1. The summed E-state index contributed by atoms with van der Waals surface area (Å²) in [5.41, 5.74) is -0.328. The van der Waals surface area contributed by atoms with Crippen molar-refractivity contribution in [1.82, 2.24) is 0 Å². The molecular weight excluding hydrogens is 583 g/mol. The molecule has 36 heavy (non-hydrogen) atoms. The summed E-state index contributed by atoms with van der Waals surface area (Å²) in [6, 6.07) is 9.35.